The van der Waals surface area contributed by atoms with E-state index >= 15 is 0 Å². The zero-order chi connectivity index (χ0) is 23.3. The Hall–Kier alpha value is -2.92. The van der Waals surface area contributed by atoms with Crippen molar-refractivity contribution in [2.24, 2.45) is 0 Å². The van der Waals surface area contributed by atoms with Crippen molar-refractivity contribution in [1.29, 1.82) is 0 Å². The van der Waals surface area contributed by atoms with E-state index in [1.165, 1.54) is 12.8 Å². The van der Waals surface area contributed by atoms with Crippen LogP contribution in [0.4, 0.5) is 0 Å². The van der Waals surface area contributed by atoms with Crippen LogP contribution in [0.1, 0.15) is 52.9 Å². The smallest absolute Gasteiger partial charge is 0.159 e. The molecule has 33 heavy (non-hydrogen) atoms. The van der Waals surface area contributed by atoms with Crippen molar-refractivity contribution < 1.29 is 14.2 Å². The number of rotatable bonds is 14. The molecule has 1 aromatic heterocycles. The molecule has 0 saturated heterocycles. The van der Waals surface area contributed by atoms with Gasteiger partial charge in [0.2, 0.25) is 0 Å². The quantitative estimate of drug-likeness (QED) is 0.249. The first-order valence-corrected chi connectivity index (χ1v) is 12.1. The Labute approximate surface area is 198 Å². The fraction of sp³-hybridized carbons (Fsp3) is 0.429. The van der Waals surface area contributed by atoms with Gasteiger partial charge in [-0.15, -0.1) is 0 Å². The second-order valence-electron chi connectivity index (χ2n) is 8.25. The average Bonchev–Trinajstić information content (AvgIpc) is 2.86. The zero-order valence-electron chi connectivity index (χ0n) is 20.1. The largest absolute Gasteiger partial charge is 0.494 e. The highest BCUT2D eigenvalue weighted by Crippen LogP contribution is 2.24. The van der Waals surface area contributed by atoms with Gasteiger partial charge < -0.3 is 14.2 Å². The second kappa shape index (κ2) is 13.6. The van der Waals surface area contributed by atoms with Gasteiger partial charge in [-0.25, -0.2) is 9.97 Å². The summed E-state index contributed by atoms with van der Waals surface area (Å²) in [7, 11) is 0. The van der Waals surface area contributed by atoms with E-state index in [1.807, 2.05) is 67.8 Å². The fourth-order valence-electron chi connectivity index (χ4n) is 3.30. The molecule has 1 heterocycles. The Morgan fingerprint density at radius 2 is 1.27 bits per heavy atom. The summed E-state index contributed by atoms with van der Waals surface area (Å²) in [6, 6.07) is 15.9. The highest BCUT2D eigenvalue weighted by Gasteiger charge is 2.06. The Bertz CT molecular complexity index is 925. The van der Waals surface area contributed by atoms with Crippen molar-refractivity contribution >= 4 is 0 Å². The molecule has 3 aromatic rings. The van der Waals surface area contributed by atoms with Gasteiger partial charge in [0.05, 0.1) is 12.7 Å². The fourth-order valence-corrected chi connectivity index (χ4v) is 3.30. The van der Waals surface area contributed by atoms with Gasteiger partial charge in [-0.1, -0.05) is 45.2 Å². The van der Waals surface area contributed by atoms with E-state index in [1.54, 1.807) is 0 Å². The molecular formula is C28H36N2O3. The van der Waals surface area contributed by atoms with Gasteiger partial charge in [0, 0.05) is 30.1 Å². The topological polar surface area (TPSA) is 53.5 Å². The summed E-state index contributed by atoms with van der Waals surface area (Å²) in [5, 5.41) is 0. The minimum Gasteiger partial charge on any atom is -0.494 e. The third-order valence-electron chi connectivity index (χ3n) is 5.35. The Kier molecular flexibility index (Phi) is 10.2. The molecule has 0 fully saturated rings. The lowest BCUT2D eigenvalue weighted by Crippen LogP contribution is -2.18. The lowest BCUT2D eigenvalue weighted by atomic mass is 10.1. The molecule has 0 spiro atoms. The molecule has 0 N–H and O–H groups in total. The minimum atomic E-state index is 0.0828. The van der Waals surface area contributed by atoms with Crippen LogP contribution < -0.4 is 9.47 Å². The molecule has 2 aromatic carbocycles. The first-order valence-electron chi connectivity index (χ1n) is 12.1. The predicted molar refractivity (Wildman–Crippen MR) is 134 cm³/mol. The van der Waals surface area contributed by atoms with Crippen LogP contribution in [0.2, 0.25) is 0 Å². The second-order valence-corrected chi connectivity index (χ2v) is 8.25. The third kappa shape index (κ3) is 8.17. The Balaban J connectivity index is 1.51. The van der Waals surface area contributed by atoms with E-state index in [9.17, 15) is 0 Å². The number of nitrogens with zero attached hydrogens (tertiary/aromatic N) is 2. The Morgan fingerprint density at radius 1 is 0.667 bits per heavy atom. The van der Waals surface area contributed by atoms with E-state index in [0.717, 1.165) is 60.7 Å². The van der Waals surface area contributed by atoms with E-state index in [0.29, 0.717) is 12.4 Å². The summed E-state index contributed by atoms with van der Waals surface area (Å²) in [5.74, 6) is 2.41. The van der Waals surface area contributed by atoms with Crippen LogP contribution in [-0.4, -0.2) is 35.9 Å². The first-order chi connectivity index (χ1) is 16.2. The van der Waals surface area contributed by atoms with Gasteiger partial charge >= 0.3 is 0 Å². The number of hydrogen-bond acceptors (Lipinski definition) is 5. The van der Waals surface area contributed by atoms with Gasteiger partial charge in [-0.2, -0.15) is 0 Å². The maximum absolute atomic E-state index is 5.87. The summed E-state index contributed by atoms with van der Waals surface area (Å²) < 4.78 is 17.4. The summed E-state index contributed by atoms with van der Waals surface area (Å²) in [6.45, 7) is 8.49. The predicted octanol–water partition coefficient (Wildman–Crippen LogP) is 6.96. The van der Waals surface area contributed by atoms with Crippen LogP contribution in [0.15, 0.2) is 60.9 Å². The maximum atomic E-state index is 5.87. The first kappa shape index (κ1) is 24.7. The highest BCUT2D eigenvalue weighted by molar-refractivity contribution is 5.64. The summed E-state index contributed by atoms with van der Waals surface area (Å²) in [5.41, 5.74) is 2.99. The monoisotopic (exact) mass is 448 g/mol. The molecule has 176 valence electrons. The van der Waals surface area contributed by atoms with Crippen LogP contribution in [-0.2, 0) is 4.74 Å². The van der Waals surface area contributed by atoms with Gasteiger partial charge in [0.25, 0.3) is 0 Å². The molecular weight excluding hydrogens is 412 g/mol. The minimum absolute atomic E-state index is 0.0828. The van der Waals surface area contributed by atoms with E-state index in [-0.39, 0.29) is 6.10 Å². The van der Waals surface area contributed by atoms with Gasteiger partial charge in [-0.3, -0.25) is 0 Å². The maximum Gasteiger partial charge on any atom is 0.159 e. The van der Waals surface area contributed by atoms with Crippen molar-refractivity contribution in [3.05, 3.63) is 60.9 Å². The zero-order valence-corrected chi connectivity index (χ0v) is 20.1. The number of unbranched alkanes of at least 4 members (excludes halogenated alkanes) is 3. The molecule has 0 bridgehead atoms. The van der Waals surface area contributed by atoms with Crippen LogP contribution in [0, 0.1) is 0 Å². The van der Waals surface area contributed by atoms with E-state index in [2.05, 4.69) is 23.8 Å². The molecule has 5 heteroatoms. The molecule has 1 atom stereocenters. The summed E-state index contributed by atoms with van der Waals surface area (Å²) >= 11 is 0. The Morgan fingerprint density at radius 3 is 1.91 bits per heavy atom. The number of hydrogen-bond donors (Lipinski definition) is 0. The SMILES string of the molecule is CCCCCOC(C)COc1ccc(-c2cnc(-c3ccc(OCCCC)cc3)nc2)cc1. The molecule has 3 rings (SSSR count). The third-order valence-corrected chi connectivity index (χ3v) is 5.35. The van der Waals surface area contributed by atoms with Crippen molar-refractivity contribution in [3.8, 4) is 34.0 Å². The standard InChI is InChI=1S/C28H36N2O3/c1-4-6-8-18-31-22(3)21-33-27-13-9-23(10-14-27)25-19-29-28(30-20-25)24-11-15-26(16-12-24)32-17-7-5-2/h9-16,19-20,22H,4-8,17-18,21H2,1-3H3. The van der Waals surface area contributed by atoms with Crippen LogP contribution in [0.3, 0.4) is 0 Å². The number of aromatic nitrogens is 2. The van der Waals surface area contributed by atoms with Crippen LogP contribution in [0.5, 0.6) is 11.5 Å². The molecule has 0 radical (unpaired) electrons. The van der Waals surface area contributed by atoms with Crippen molar-refractivity contribution in [2.75, 3.05) is 19.8 Å². The van der Waals surface area contributed by atoms with Crippen molar-refractivity contribution in [1.82, 2.24) is 9.97 Å². The van der Waals surface area contributed by atoms with Crippen LogP contribution >= 0.6 is 0 Å². The molecule has 0 aliphatic carbocycles. The number of ether oxygens (including phenoxy) is 3. The van der Waals surface area contributed by atoms with Crippen molar-refractivity contribution in [3.63, 3.8) is 0 Å². The van der Waals surface area contributed by atoms with Crippen molar-refractivity contribution in [2.45, 2.75) is 59.0 Å². The summed E-state index contributed by atoms with van der Waals surface area (Å²) in [4.78, 5) is 9.11. The molecule has 1 unspecified atom stereocenters. The molecule has 0 aliphatic rings. The van der Waals surface area contributed by atoms with Gasteiger partial charge in [0.15, 0.2) is 5.82 Å². The molecule has 0 saturated carbocycles. The summed E-state index contributed by atoms with van der Waals surface area (Å²) in [6.07, 6.45) is 9.50. The number of benzene rings is 2. The average molecular weight is 449 g/mol. The normalized spacial score (nSPS) is 11.8. The van der Waals surface area contributed by atoms with E-state index < -0.39 is 0 Å². The van der Waals surface area contributed by atoms with Gasteiger partial charge in [-0.05, 0) is 61.7 Å². The lowest BCUT2D eigenvalue weighted by Gasteiger charge is -2.14. The molecule has 0 amide bonds. The molecule has 0 aliphatic heterocycles. The van der Waals surface area contributed by atoms with E-state index in [4.69, 9.17) is 14.2 Å². The van der Waals surface area contributed by atoms with Crippen LogP contribution in [0.25, 0.3) is 22.5 Å². The molecule has 5 nitrogen and oxygen atoms in total. The van der Waals surface area contributed by atoms with Gasteiger partial charge in [0.1, 0.15) is 18.1 Å². The highest BCUT2D eigenvalue weighted by atomic mass is 16.5. The lowest BCUT2D eigenvalue weighted by molar-refractivity contribution is 0.0304.